The summed E-state index contributed by atoms with van der Waals surface area (Å²) in [7, 11) is 0. The molecule has 3 aromatic heterocycles. The Morgan fingerprint density at radius 3 is 3.12 bits per heavy atom. The van der Waals surface area contributed by atoms with Crippen molar-refractivity contribution in [1.82, 2.24) is 24.7 Å². The molecule has 4 heterocycles. The summed E-state index contributed by atoms with van der Waals surface area (Å²) in [5, 5.41) is 3.58. The summed E-state index contributed by atoms with van der Waals surface area (Å²) in [5.41, 5.74) is 8.97. The number of aromatic nitrogens is 4. The minimum absolute atomic E-state index is 0.192. The second-order valence-corrected chi connectivity index (χ2v) is 5.99. The van der Waals surface area contributed by atoms with Gasteiger partial charge >= 0.3 is 0 Å². The van der Waals surface area contributed by atoms with Crippen molar-refractivity contribution in [2.24, 2.45) is 0 Å². The molecule has 3 aromatic rings. The average Bonchev–Trinajstić information content (AvgIpc) is 3.05. The molecule has 1 atom stereocenters. The van der Waals surface area contributed by atoms with Crippen molar-refractivity contribution in [1.29, 1.82) is 0 Å². The summed E-state index contributed by atoms with van der Waals surface area (Å²) in [4.78, 5) is 15.4. The van der Waals surface area contributed by atoms with Gasteiger partial charge in [0, 0.05) is 37.6 Å². The standard InChI is InChI=1S/C17H21N7/c1-2-12-9-16(22-17(18)21-12)23-8-6-19-13(11-23)14-10-20-15-5-3-4-7-24(14)15/h3-5,7,9-10,13,19H,2,6,8,11H2,1H3,(H2,18,21,22)/t13-/m1/s1. The third kappa shape index (κ3) is 2.67. The summed E-state index contributed by atoms with van der Waals surface area (Å²) >= 11 is 0. The maximum atomic E-state index is 5.87. The molecule has 0 amide bonds. The number of nitrogen functional groups attached to an aromatic ring is 1. The third-order valence-corrected chi connectivity index (χ3v) is 4.45. The smallest absolute Gasteiger partial charge is 0.222 e. The maximum absolute atomic E-state index is 5.87. The molecule has 0 aromatic carbocycles. The lowest BCUT2D eigenvalue weighted by Crippen LogP contribution is -2.46. The number of nitrogens with two attached hydrogens (primary N) is 1. The monoisotopic (exact) mass is 323 g/mol. The third-order valence-electron chi connectivity index (χ3n) is 4.45. The lowest BCUT2D eigenvalue weighted by Gasteiger charge is -2.34. The molecule has 0 radical (unpaired) electrons. The van der Waals surface area contributed by atoms with Gasteiger partial charge in [0.15, 0.2) is 0 Å². The van der Waals surface area contributed by atoms with E-state index in [0.717, 1.165) is 48.9 Å². The molecule has 0 spiro atoms. The zero-order valence-electron chi connectivity index (χ0n) is 13.7. The number of piperazine rings is 1. The van der Waals surface area contributed by atoms with E-state index in [0.29, 0.717) is 5.95 Å². The van der Waals surface area contributed by atoms with E-state index in [9.17, 15) is 0 Å². The van der Waals surface area contributed by atoms with Crippen LogP contribution in [0.3, 0.4) is 0 Å². The minimum Gasteiger partial charge on any atom is -0.368 e. The van der Waals surface area contributed by atoms with Crippen molar-refractivity contribution in [3.63, 3.8) is 0 Å². The van der Waals surface area contributed by atoms with Crippen molar-refractivity contribution in [3.05, 3.63) is 48.0 Å². The van der Waals surface area contributed by atoms with E-state index >= 15 is 0 Å². The van der Waals surface area contributed by atoms with Crippen LogP contribution in [0.2, 0.25) is 0 Å². The number of aryl methyl sites for hydroxylation is 1. The van der Waals surface area contributed by atoms with E-state index < -0.39 is 0 Å². The summed E-state index contributed by atoms with van der Waals surface area (Å²) in [6, 6.07) is 8.27. The maximum Gasteiger partial charge on any atom is 0.222 e. The number of rotatable bonds is 3. The van der Waals surface area contributed by atoms with Gasteiger partial charge in [-0.05, 0) is 18.6 Å². The Hall–Kier alpha value is -2.67. The number of anilines is 2. The van der Waals surface area contributed by atoms with E-state index in [1.807, 2.05) is 30.5 Å². The molecule has 4 rings (SSSR count). The van der Waals surface area contributed by atoms with Gasteiger partial charge in [0.1, 0.15) is 11.5 Å². The SMILES string of the molecule is CCc1cc(N2CCN[C@@H](c3cnc4ccccn34)C2)nc(N)n1. The number of hydrogen-bond donors (Lipinski definition) is 2. The second-order valence-electron chi connectivity index (χ2n) is 5.99. The van der Waals surface area contributed by atoms with Gasteiger partial charge in [-0.25, -0.2) is 9.97 Å². The van der Waals surface area contributed by atoms with Gasteiger partial charge in [-0.3, -0.25) is 0 Å². The minimum atomic E-state index is 0.192. The number of imidazole rings is 1. The molecular formula is C17H21N7. The van der Waals surface area contributed by atoms with E-state index in [-0.39, 0.29) is 6.04 Å². The van der Waals surface area contributed by atoms with Crippen LogP contribution >= 0.6 is 0 Å². The first-order valence-electron chi connectivity index (χ1n) is 8.28. The molecule has 1 fully saturated rings. The average molecular weight is 323 g/mol. The first kappa shape index (κ1) is 14.9. The van der Waals surface area contributed by atoms with Gasteiger partial charge in [-0.15, -0.1) is 0 Å². The lowest BCUT2D eigenvalue weighted by molar-refractivity contribution is 0.459. The fourth-order valence-corrected chi connectivity index (χ4v) is 3.21. The van der Waals surface area contributed by atoms with E-state index in [1.54, 1.807) is 0 Å². The van der Waals surface area contributed by atoms with Crippen molar-refractivity contribution in [3.8, 4) is 0 Å². The zero-order valence-corrected chi connectivity index (χ0v) is 13.7. The van der Waals surface area contributed by atoms with Crippen LogP contribution < -0.4 is 16.0 Å². The molecule has 3 N–H and O–H groups in total. The number of nitrogens with zero attached hydrogens (tertiary/aromatic N) is 5. The van der Waals surface area contributed by atoms with Crippen molar-refractivity contribution >= 4 is 17.4 Å². The number of nitrogens with one attached hydrogen (secondary N) is 1. The molecule has 1 aliphatic heterocycles. The largest absolute Gasteiger partial charge is 0.368 e. The highest BCUT2D eigenvalue weighted by Crippen LogP contribution is 2.23. The van der Waals surface area contributed by atoms with Crippen LogP contribution in [0.1, 0.15) is 24.4 Å². The van der Waals surface area contributed by atoms with E-state index in [2.05, 4.69) is 42.7 Å². The molecule has 0 saturated carbocycles. The van der Waals surface area contributed by atoms with Crippen LogP contribution in [-0.2, 0) is 6.42 Å². The van der Waals surface area contributed by atoms with Crippen LogP contribution in [-0.4, -0.2) is 39.0 Å². The van der Waals surface area contributed by atoms with Gasteiger partial charge < -0.3 is 20.4 Å². The van der Waals surface area contributed by atoms with Gasteiger partial charge in [-0.1, -0.05) is 13.0 Å². The molecule has 24 heavy (non-hydrogen) atoms. The summed E-state index contributed by atoms with van der Waals surface area (Å²) in [6.07, 6.45) is 4.85. The zero-order chi connectivity index (χ0) is 16.5. The molecule has 1 saturated heterocycles. The topological polar surface area (TPSA) is 84.4 Å². The number of fused-ring (bicyclic) bond motifs is 1. The van der Waals surface area contributed by atoms with E-state index in [1.165, 1.54) is 0 Å². The summed E-state index contributed by atoms with van der Waals surface area (Å²) in [5.74, 6) is 1.24. The fourth-order valence-electron chi connectivity index (χ4n) is 3.21. The highest BCUT2D eigenvalue weighted by molar-refractivity contribution is 5.46. The van der Waals surface area contributed by atoms with Crippen LogP contribution in [0.5, 0.6) is 0 Å². The predicted octanol–water partition coefficient (Wildman–Crippen LogP) is 1.42. The highest BCUT2D eigenvalue weighted by Gasteiger charge is 2.24. The molecule has 0 unspecified atom stereocenters. The summed E-state index contributed by atoms with van der Waals surface area (Å²) in [6.45, 7) is 4.68. The molecule has 7 nitrogen and oxygen atoms in total. The van der Waals surface area contributed by atoms with Gasteiger partial charge in [0.05, 0.1) is 17.9 Å². The summed E-state index contributed by atoms with van der Waals surface area (Å²) < 4.78 is 2.13. The molecule has 124 valence electrons. The highest BCUT2D eigenvalue weighted by atomic mass is 15.3. The number of hydrogen-bond acceptors (Lipinski definition) is 6. The molecular weight excluding hydrogens is 302 g/mol. The Labute approximate surface area is 140 Å². The Morgan fingerprint density at radius 1 is 1.33 bits per heavy atom. The van der Waals surface area contributed by atoms with Gasteiger partial charge in [-0.2, -0.15) is 4.98 Å². The van der Waals surface area contributed by atoms with Crippen molar-refractivity contribution in [2.75, 3.05) is 30.3 Å². The first-order valence-corrected chi connectivity index (χ1v) is 8.28. The molecule has 0 bridgehead atoms. The van der Waals surface area contributed by atoms with Crippen molar-refractivity contribution < 1.29 is 0 Å². The first-order chi connectivity index (χ1) is 11.7. The van der Waals surface area contributed by atoms with Crippen LogP contribution in [0.4, 0.5) is 11.8 Å². The Morgan fingerprint density at radius 2 is 2.25 bits per heavy atom. The van der Waals surface area contributed by atoms with Gasteiger partial charge in [0.25, 0.3) is 0 Å². The lowest BCUT2D eigenvalue weighted by atomic mass is 10.1. The Balaban J connectivity index is 1.63. The van der Waals surface area contributed by atoms with Gasteiger partial charge in [0.2, 0.25) is 5.95 Å². The molecule has 0 aliphatic carbocycles. The molecule has 1 aliphatic rings. The second kappa shape index (κ2) is 6.09. The van der Waals surface area contributed by atoms with Crippen LogP contribution in [0, 0.1) is 0 Å². The normalized spacial score (nSPS) is 18.2. The van der Waals surface area contributed by atoms with E-state index in [4.69, 9.17) is 5.73 Å². The van der Waals surface area contributed by atoms with Crippen LogP contribution in [0.25, 0.3) is 5.65 Å². The Bertz CT molecular complexity index is 857. The Kier molecular flexibility index (Phi) is 3.78. The van der Waals surface area contributed by atoms with Crippen LogP contribution in [0.15, 0.2) is 36.7 Å². The number of pyridine rings is 1. The fraction of sp³-hybridized carbons (Fsp3) is 0.353. The molecule has 7 heteroatoms. The quantitative estimate of drug-likeness (QED) is 0.758. The van der Waals surface area contributed by atoms with Crippen molar-refractivity contribution in [2.45, 2.75) is 19.4 Å². The predicted molar refractivity (Wildman–Crippen MR) is 94.0 cm³/mol.